The summed E-state index contributed by atoms with van der Waals surface area (Å²) in [7, 11) is 0. The molecule has 10 nitrogen and oxygen atoms in total. The van der Waals surface area contributed by atoms with E-state index in [1.165, 1.54) is 6.20 Å². The maximum absolute atomic E-state index is 13.0. The molecule has 0 aliphatic carbocycles. The van der Waals surface area contributed by atoms with Gasteiger partial charge < -0.3 is 19.5 Å². The first-order chi connectivity index (χ1) is 16.1. The van der Waals surface area contributed by atoms with Crippen molar-refractivity contribution in [2.24, 2.45) is 0 Å². The molecule has 0 saturated heterocycles. The zero-order chi connectivity index (χ0) is 22.8. The highest BCUT2D eigenvalue weighted by molar-refractivity contribution is 5.73. The molecule has 168 valence electrons. The van der Waals surface area contributed by atoms with Gasteiger partial charge in [0.15, 0.2) is 17.1 Å². The molecule has 0 atom stereocenters. The lowest BCUT2D eigenvalue weighted by atomic mass is 10.2. The van der Waals surface area contributed by atoms with Gasteiger partial charge in [0.1, 0.15) is 11.1 Å². The zero-order valence-corrected chi connectivity index (χ0v) is 17.8. The average molecular weight is 447 g/mol. The van der Waals surface area contributed by atoms with Crippen molar-refractivity contribution in [2.45, 2.75) is 19.9 Å². The maximum atomic E-state index is 13.0. The first-order valence-electron chi connectivity index (χ1n) is 10.5. The number of benzene rings is 2. The number of hydrogen-bond acceptors (Lipinski definition) is 8. The minimum absolute atomic E-state index is 0.0994. The van der Waals surface area contributed by atoms with Crippen LogP contribution in [0.1, 0.15) is 18.9 Å². The van der Waals surface area contributed by atoms with E-state index in [9.17, 15) is 9.59 Å². The summed E-state index contributed by atoms with van der Waals surface area (Å²) in [5.74, 6) is 2.15. The van der Waals surface area contributed by atoms with Crippen molar-refractivity contribution in [1.29, 1.82) is 0 Å². The van der Waals surface area contributed by atoms with Crippen molar-refractivity contribution in [3.05, 3.63) is 75.1 Å². The van der Waals surface area contributed by atoms with Gasteiger partial charge in [-0.25, -0.2) is 14.3 Å². The van der Waals surface area contributed by atoms with E-state index in [-0.39, 0.29) is 17.8 Å². The van der Waals surface area contributed by atoms with E-state index in [2.05, 4.69) is 27.2 Å². The highest BCUT2D eigenvalue weighted by Gasteiger charge is 2.17. The predicted molar refractivity (Wildman–Crippen MR) is 121 cm³/mol. The normalized spacial score (nSPS) is 12.2. The van der Waals surface area contributed by atoms with Crippen LogP contribution in [-0.2, 0) is 6.54 Å². The molecule has 0 amide bonds. The lowest BCUT2D eigenvalue weighted by Gasteiger charge is -2.09. The molecular formula is C23H21N5O5. The highest BCUT2D eigenvalue weighted by atomic mass is 16.7. The summed E-state index contributed by atoms with van der Waals surface area (Å²) in [4.78, 5) is 36.9. The van der Waals surface area contributed by atoms with Crippen molar-refractivity contribution >= 4 is 17.0 Å². The first kappa shape index (κ1) is 20.6. The molecule has 5 rings (SSSR count). The van der Waals surface area contributed by atoms with Crippen LogP contribution in [0.15, 0.2) is 58.3 Å². The van der Waals surface area contributed by atoms with E-state index in [4.69, 9.17) is 14.2 Å². The number of nitrogens with one attached hydrogen (secondary N) is 2. The van der Waals surface area contributed by atoms with Crippen LogP contribution in [0.5, 0.6) is 17.2 Å². The maximum Gasteiger partial charge on any atom is 0.334 e. The van der Waals surface area contributed by atoms with Crippen LogP contribution < -0.4 is 30.8 Å². The smallest absolute Gasteiger partial charge is 0.334 e. The number of H-pyrrole nitrogens is 1. The average Bonchev–Trinajstić information content (AvgIpc) is 3.30. The van der Waals surface area contributed by atoms with Gasteiger partial charge in [0.25, 0.3) is 5.56 Å². The number of aromatic amines is 1. The van der Waals surface area contributed by atoms with Crippen LogP contribution >= 0.6 is 0 Å². The topological polar surface area (TPSA) is 120 Å². The van der Waals surface area contributed by atoms with Crippen LogP contribution in [0, 0.1) is 0 Å². The summed E-state index contributed by atoms with van der Waals surface area (Å²) < 4.78 is 17.2. The molecule has 0 fully saturated rings. The van der Waals surface area contributed by atoms with Crippen molar-refractivity contribution in [3.8, 4) is 22.9 Å². The van der Waals surface area contributed by atoms with E-state index in [1.54, 1.807) is 18.2 Å². The molecule has 3 heterocycles. The lowest BCUT2D eigenvalue weighted by molar-refractivity contribution is 0.174. The number of anilines is 1. The molecular weight excluding hydrogens is 426 g/mol. The largest absolute Gasteiger partial charge is 0.494 e. The Kier molecular flexibility index (Phi) is 5.39. The van der Waals surface area contributed by atoms with Gasteiger partial charge in [0, 0.05) is 18.8 Å². The van der Waals surface area contributed by atoms with Gasteiger partial charge in [-0.2, -0.15) is 4.98 Å². The van der Waals surface area contributed by atoms with Crippen LogP contribution in [0.4, 0.5) is 5.95 Å². The molecule has 10 heteroatoms. The second kappa shape index (κ2) is 8.65. The quantitative estimate of drug-likeness (QED) is 0.444. The lowest BCUT2D eigenvalue weighted by Crippen LogP contribution is -2.34. The molecule has 0 bridgehead atoms. The fourth-order valence-electron chi connectivity index (χ4n) is 3.45. The van der Waals surface area contributed by atoms with Gasteiger partial charge in [-0.15, -0.1) is 0 Å². The summed E-state index contributed by atoms with van der Waals surface area (Å²) in [6, 6.07) is 12.6. The Morgan fingerprint density at radius 3 is 2.76 bits per heavy atom. The molecule has 33 heavy (non-hydrogen) atoms. The minimum Gasteiger partial charge on any atom is -0.494 e. The standard InChI is InChI=1S/C23H21N5O5/c1-2-9-31-16-6-3-14(4-7-16)11-24-22-25-12-17-20(26-22)27-23(30)28(21(17)29)15-5-8-18-19(10-15)33-13-32-18/h3-8,10,12H,2,9,11,13H2,1H3,(H2,24,25,26,27,30). The number of rotatable bonds is 7. The van der Waals surface area contributed by atoms with E-state index in [1.807, 2.05) is 24.3 Å². The van der Waals surface area contributed by atoms with Gasteiger partial charge in [-0.05, 0) is 36.2 Å². The Morgan fingerprint density at radius 1 is 1.12 bits per heavy atom. The molecule has 2 aromatic heterocycles. The second-order valence-corrected chi connectivity index (χ2v) is 7.41. The van der Waals surface area contributed by atoms with Crippen LogP contribution in [0.3, 0.4) is 0 Å². The molecule has 1 aliphatic rings. The third-order valence-corrected chi connectivity index (χ3v) is 5.11. The fourth-order valence-corrected chi connectivity index (χ4v) is 3.45. The second-order valence-electron chi connectivity index (χ2n) is 7.41. The number of hydrogen-bond donors (Lipinski definition) is 2. The Labute approximate surface area is 187 Å². The first-order valence-corrected chi connectivity index (χ1v) is 10.5. The number of nitrogens with zero attached hydrogens (tertiary/aromatic N) is 3. The van der Waals surface area contributed by atoms with Gasteiger partial charge in [0.05, 0.1) is 12.3 Å². The fraction of sp³-hybridized carbons (Fsp3) is 0.217. The highest BCUT2D eigenvalue weighted by Crippen LogP contribution is 2.33. The van der Waals surface area contributed by atoms with Crippen molar-refractivity contribution < 1.29 is 14.2 Å². The minimum atomic E-state index is -0.612. The van der Waals surface area contributed by atoms with E-state index >= 15 is 0 Å². The summed E-state index contributed by atoms with van der Waals surface area (Å²) in [5, 5.41) is 3.29. The van der Waals surface area contributed by atoms with E-state index in [0.29, 0.717) is 36.3 Å². The Hall–Kier alpha value is -4.34. The van der Waals surface area contributed by atoms with Gasteiger partial charge in [0.2, 0.25) is 12.7 Å². The summed E-state index contributed by atoms with van der Waals surface area (Å²) in [6.45, 7) is 3.30. The molecule has 0 unspecified atom stereocenters. The molecule has 4 aromatic rings. The molecule has 2 N–H and O–H groups in total. The Bertz CT molecular complexity index is 1430. The Morgan fingerprint density at radius 2 is 1.94 bits per heavy atom. The van der Waals surface area contributed by atoms with Crippen LogP contribution in [0.2, 0.25) is 0 Å². The van der Waals surface area contributed by atoms with E-state index < -0.39 is 11.2 Å². The van der Waals surface area contributed by atoms with Crippen molar-refractivity contribution in [1.82, 2.24) is 19.5 Å². The number of ether oxygens (including phenoxy) is 3. The summed E-state index contributed by atoms with van der Waals surface area (Å²) >= 11 is 0. The summed E-state index contributed by atoms with van der Waals surface area (Å²) in [6.07, 6.45) is 2.35. The van der Waals surface area contributed by atoms with Crippen molar-refractivity contribution in [2.75, 3.05) is 18.7 Å². The van der Waals surface area contributed by atoms with Gasteiger partial charge in [-0.3, -0.25) is 9.78 Å². The molecule has 0 spiro atoms. The summed E-state index contributed by atoms with van der Waals surface area (Å²) in [5.41, 5.74) is 0.388. The predicted octanol–water partition coefficient (Wildman–Crippen LogP) is 2.60. The molecule has 0 radical (unpaired) electrons. The SMILES string of the molecule is CCCOc1ccc(CNc2ncc3c(=O)n(-c4ccc5c(c4)OCO5)c(=O)[nH]c3n2)cc1. The molecule has 1 aliphatic heterocycles. The third-order valence-electron chi connectivity index (χ3n) is 5.11. The number of aromatic nitrogens is 4. The monoisotopic (exact) mass is 447 g/mol. The van der Waals surface area contributed by atoms with Gasteiger partial charge in [-0.1, -0.05) is 19.1 Å². The van der Waals surface area contributed by atoms with Crippen LogP contribution in [-0.4, -0.2) is 32.9 Å². The molecule has 0 saturated carbocycles. The third kappa shape index (κ3) is 4.10. The van der Waals surface area contributed by atoms with Crippen molar-refractivity contribution in [3.63, 3.8) is 0 Å². The Balaban J connectivity index is 1.38. The van der Waals surface area contributed by atoms with E-state index in [0.717, 1.165) is 22.3 Å². The molecule has 2 aromatic carbocycles. The van der Waals surface area contributed by atoms with Crippen LogP contribution in [0.25, 0.3) is 16.7 Å². The zero-order valence-electron chi connectivity index (χ0n) is 17.8. The number of fused-ring (bicyclic) bond motifs is 2. The van der Waals surface area contributed by atoms with Gasteiger partial charge >= 0.3 is 5.69 Å².